The maximum Gasteiger partial charge on any atom is 0.309 e. The Kier molecular flexibility index (Phi) is 7.05. The number of phenolic OH excluding ortho intramolecular Hbond substituents is 1. The molecule has 1 heterocycles. The van der Waals surface area contributed by atoms with Gasteiger partial charge in [-0.05, 0) is 54.4 Å². The number of Topliss-reactive ketones (excluding diaryl/α,β-unsaturated/α-hetero) is 1. The molecule has 2 N–H and O–H groups in total. The number of nitrogens with zero attached hydrogens (tertiary/aromatic N) is 1. The van der Waals surface area contributed by atoms with Crippen molar-refractivity contribution in [2.75, 3.05) is 18.6 Å². The molecule has 36 heavy (non-hydrogen) atoms. The fraction of sp³-hybridized carbons (Fsp3) is 0.179. The molecule has 3 aromatic rings. The first-order valence-corrected chi connectivity index (χ1v) is 11.3. The second-order valence-corrected chi connectivity index (χ2v) is 8.14. The molecular formula is C28H25NO7. The van der Waals surface area contributed by atoms with E-state index in [0.717, 1.165) is 0 Å². The Labute approximate surface area is 208 Å². The van der Waals surface area contributed by atoms with Gasteiger partial charge in [-0.15, -0.1) is 0 Å². The highest BCUT2D eigenvalue weighted by molar-refractivity contribution is 6.51. The fourth-order valence-electron chi connectivity index (χ4n) is 4.14. The Morgan fingerprint density at radius 3 is 2.33 bits per heavy atom. The number of carbonyl (C=O) groups excluding carboxylic acids is 3. The van der Waals surface area contributed by atoms with Gasteiger partial charge in [-0.2, -0.15) is 0 Å². The maximum absolute atomic E-state index is 13.3. The standard InChI is InChI=1S/C28H25NO7/c1-3-36-22-6-4-5-19(16-22)26(32)24-25(18-9-13-21(30)14-10-18)29(28(34)27(24)33)20-11-7-17(8-12-20)15-23(31)35-2/h4-14,16,25,30,32H,3,15H2,1-2H3/b26-24-. The fourth-order valence-corrected chi connectivity index (χ4v) is 4.14. The highest BCUT2D eigenvalue weighted by Crippen LogP contribution is 2.42. The number of methoxy groups -OCH3 is 1. The number of aliphatic hydroxyl groups is 1. The van der Waals surface area contributed by atoms with E-state index in [1.54, 1.807) is 60.7 Å². The molecule has 0 saturated carbocycles. The zero-order chi connectivity index (χ0) is 25.8. The first-order valence-electron chi connectivity index (χ1n) is 11.3. The Balaban J connectivity index is 1.83. The van der Waals surface area contributed by atoms with Crippen LogP contribution in [0.25, 0.3) is 5.76 Å². The Morgan fingerprint density at radius 1 is 1.00 bits per heavy atom. The van der Waals surface area contributed by atoms with Crippen LogP contribution in [-0.4, -0.2) is 41.6 Å². The van der Waals surface area contributed by atoms with E-state index in [4.69, 9.17) is 9.47 Å². The van der Waals surface area contributed by atoms with Gasteiger partial charge in [-0.25, -0.2) is 0 Å². The van der Waals surface area contributed by atoms with Crippen molar-refractivity contribution in [1.82, 2.24) is 0 Å². The van der Waals surface area contributed by atoms with Gasteiger partial charge in [0.2, 0.25) is 0 Å². The van der Waals surface area contributed by atoms with Crippen molar-refractivity contribution in [2.24, 2.45) is 0 Å². The number of carbonyl (C=O) groups is 3. The summed E-state index contributed by atoms with van der Waals surface area (Å²) >= 11 is 0. The van der Waals surface area contributed by atoms with Crippen LogP contribution in [-0.2, 0) is 25.5 Å². The minimum Gasteiger partial charge on any atom is -0.508 e. The number of hydrogen-bond donors (Lipinski definition) is 2. The van der Waals surface area contributed by atoms with Crippen LogP contribution < -0.4 is 9.64 Å². The number of amides is 1. The van der Waals surface area contributed by atoms with Crippen LogP contribution >= 0.6 is 0 Å². The molecule has 0 radical (unpaired) electrons. The second kappa shape index (κ2) is 10.4. The van der Waals surface area contributed by atoms with Crippen LogP contribution in [0.3, 0.4) is 0 Å². The van der Waals surface area contributed by atoms with Crippen LogP contribution in [0, 0.1) is 0 Å². The Hall–Kier alpha value is -4.59. The van der Waals surface area contributed by atoms with Gasteiger partial charge >= 0.3 is 5.97 Å². The van der Waals surface area contributed by atoms with Gasteiger partial charge in [-0.1, -0.05) is 36.4 Å². The van der Waals surface area contributed by atoms with Crippen molar-refractivity contribution in [3.63, 3.8) is 0 Å². The van der Waals surface area contributed by atoms with E-state index in [1.807, 2.05) is 6.92 Å². The molecule has 1 amide bonds. The summed E-state index contributed by atoms with van der Waals surface area (Å²) in [6, 6.07) is 18.4. The van der Waals surface area contributed by atoms with Gasteiger partial charge in [0.1, 0.15) is 17.3 Å². The first kappa shape index (κ1) is 24.5. The van der Waals surface area contributed by atoms with Crippen molar-refractivity contribution in [3.8, 4) is 11.5 Å². The predicted molar refractivity (Wildman–Crippen MR) is 133 cm³/mol. The van der Waals surface area contributed by atoms with Crippen LogP contribution in [0.15, 0.2) is 78.4 Å². The predicted octanol–water partition coefficient (Wildman–Crippen LogP) is 4.13. The molecule has 8 nitrogen and oxygen atoms in total. The van der Waals surface area contributed by atoms with Crippen LogP contribution in [0.5, 0.6) is 11.5 Å². The molecule has 4 rings (SSSR count). The van der Waals surface area contributed by atoms with Gasteiger partial charge < -0.3 is 19.7 Å². The summed E-state index contributed by atoms with van der Waals surface area (Å²) in [5.74, 6) is -1.85. The minimum atomic E-state index is -0.951. The quantitative estimate of drug-likeness (QED) is 0.223. The van der Waals surface area contributed by atoms with Gasteiger partial charge in [0.25, 0.3) is 11.7 Å². The Morgan fingerprint density at radius 2 is 1.69 bits per heavy atom. The van der Waals surface area contributed by atoms with E-state index in [2.05, 4.69) is 0 Å². The molecule has 1 fully saturated rings. The highest BCUT2D eigenvalue weighted by atomic mass is 16.5. The Bertz CT molecular complexity index is 1330. The lowest BCUT2D eigenvalue weighted by Gasteiger charge is -2.25. The molecule has 184 valence electrons. The normalized spacial score (nSPS) is 16.7. The number of anilines is 1. The number of ether oxygens (including phenoxy) is 2. The minimum absolute atomic E-state index is 0.0206. The smallest absolute Gasteiger partial charge is 0.309 e. The lowest BCUT2D eigenvalue weighted by molar-refractivity contribution is -0.139. The molecule has 1 aliphatic heterocycles. The average Bonchev–Trinajstić information content (AvgIpc) is 3.15. The van der Waals surface area contributed by atoms with E-state index < -0.39 is 23.7 Å². The van der Waals surface area contributed by atoms with Crippen LogP contribution in [0.2, 0.25) is 0 Å². The molecule has 1 saturated heterocycles. The summed E-state index contributed by atoms with van der Waals surface area (Å²) in [7, 11) is 1.30. The van der Waals surface area contributed by atoms with Gasteiger partial charge in [-0.3, -0.25) is 19.3 Å². The zero-order valence-electron chi connectivity index (χ0n) is 19.8. The third kappa shape index (κ3) is 4.79. The van der Waals surface area contributed by atoms with Crippen molar-refractivity contribution in [2.45, 2.75) is 19.4 Å². The number of aliphatic hydroxyl groups excluding tert-OH is 1. The van der Waals surface area contributed by atoms with Gasteiger partial charge in [0.15, 0.2) is 0 Å². The summed E-state index contributed by atoms with van der Waals surface area (Å²) in [5.41, 5.74) is 1.85. The van der Waals surface area contributed by atoms with Gasteiger partial charge in [0, 0.05) is 11.3 Å². The van der Waals surface area contributed by atoms with Crippen molar-refractivity contribution in [1.29, 1.82) is 0 Å². The number of hydrogen-bond acceptors (Lipinski definition) is 7. The monoisotopic (exact) mass is 487 g/mol. The number of phenols is 1. The van der Waals surface area contributed by atoms with Crippen LogP contribution in [0.4, 0.5) is 5.69 Å². The molecular weight excluding hydrogens is 462 g/mol. The van der Waals surface area contributed by atoms with E-state index >= 15 is 0 Å². The molecule has 3 aromatic carbocycles. The number of esters is 1. The van der Waals surface area contributed by atoms with Crippen LogP contribution in [0.1, 0.15) is 29.7 Å². The van der Waals surface area contributed by atoms with E-state index in [-0.39, 0.29) is 23.5 Å². The molecule has 0 aromatic heterocycles. The maximum atomic E-state index is 13.3. The SMILES string of the molecule is CCOc1cccc(/C(O)=C2/C(=O)C(=O)N(c3ccc(CC(=O)OC)cc3)C2c2ccc(O)cc2)c1. The summed E-state index contributed by atoms with van der Waals surface area (Å²) in [4.78, 5) is 39.4. The first-order chi connectivity index (χ1) is 17.3. The summed E-state index contributed by atoms with van der Waals surface area (Å²) in [5, 5.41) is 21.0. The molecule has 1 unspecified atom stereocenters. The van der Waals surface area contributed by atoms with E-state index in [9.17, 15) is 24.6 Å². The van der Waals surface area contributed by atoms with Crippen molar-refractivity contribution >= 4 is 29.1 Å². The third-order valence-corrected chi connectivity index (χ3v) is 5.86. The number of aromatic hydroxyl groups is 1. The lowest BCUT2D eigenvalue weighted by atomic mass is 9.95. The molecule has 0 spiro atoms. The summed E-state index contributed by atoms with van der Waals surface area (Å²) in [6.45, 7) is 2.26. The molecule has 0 aliphatic carbocycles. The average molecular weight is 488 g/mol. The third-order valence-electron chi connectivity index (χ3n) is 5.86. The number of ketones is 1. The van der Waals surface area contributed by atoms with E-state index in [0.29, 0.717) is 34.7 Å². The number of benzene rings is 3. The lowest BCUT2D eigenvalue weighted by Crippen LogP contribution is -2.29. The summed E-state index contributed by atoms with van der Waals surface area (Å²) < 4.78 is 10.2. The number of rotatable bonds is 7. The van der Waals surface area contributed by atoms with Crippen molar-refractivity contribution < 1.29 is 34.1 Å². The zero-order valence-corrected chi connectivity index (χ0v) is 19.8. The highest BCUT2D eigenvalue weighted by Gasteiger charge is 2.47. The molecule has 8 heteroatoms. The molecule has 0 bridgehead atoms. The van der Waals surface area contributed by atoms with E-state index in [1.165, 1.54) is 24.1 Å². The molecule has 1 atom stereocenters. The van der Waals surface area contributed by atoms with Crippen molar-refractivity contribution in [3.05, 3.63) is 95.1 Å². The summed E-state index contributed by atoms with van der Waals surface area (Å²) in [6.07, 6.45) is 0.0627. The molecule has 1 aliphatic rings. The van der Waals surface area contributed by atoms with Gasteiger partial charge in [0.05, 0.1) is 31.8 Å². The topological polar surface area (TPSA) is 113 Å². The largest absolute Gasteiger partial charge is 0.508 e. The second-order valence-electron chi connectivity index (χ2n) is 8.14.